The molecule has 0 amide bonds. The van der Waals surface area contributed by atoms with Gasteiger partial charge in [0.2, 0.25) is 0 Å². The molecule has 17 heavy (non-hydrogen) atoms. The first-order valence-electron chi connectivity index (χ1n) is 5.02. The van der Waals surface area contributed by atoms with Crippen molar-refractivity contribution in [3.05, 3.63) is 47.5 Å². The first kappa shape index (κ1) is 12.1. The molecule has 1 unspecified atom stereocenters. The van der Waals surface area contributed by atoms with Gasteiger partial charge < -0.3 is 5.73 Å². The predicted octanol–water partition coefficient (Wildman–Crippen LogP) is 2.61. The molecule has 0 spiro atoms. The van der Waals surface area contributed by atoms with Crippen LogP contribution in [0.1, 0.15) is 5.56 Å². The standard InChI is InChI=1S/C12H11N3S2/c13-8-12(14,10-4-2-1-3-5-10)9-17-11-15-6-7-16-11/h1-7H,9,14H2. The van der Waals surface area contributed by atoms with Gasteiger partial charge in [0, 0.05) is 17.3 Å². The van der Waals surface area contributed by atoms with Gasteiger partial charge in [0.1, 0.15) is 9.88 Å². The van der Waals surface area contributed by atoms with Crippen molar-refractivity contribution in [1.82, 2.24) is 4.98 Å². The normalized spacial score (nSPS) is 13.9. The summed E-state index contributed by atoms with van der Waals surface area (Å²) in [5.74, 6) is 0.501. The van der Waals surface area contributed by atoms with Crippen molar-refractivity contribution in [2.45, 2.75) is 9.88 Å². The summed E-state index contributed by atoms with van der Waals surface area (Å²) in [4.78, 5) is 4.16. The van der Waals surface area contributed by atoms with E-state index in [2.05, 4.69) is 11.1 Å². The maximum atomic E-state index is 9.26. The minimum absolute atomic E-state index is 0.501. The van der Waals surface area contributed by atoms with E-state index in [1.165, 1.54) is 11.8 Å². The number of thiazole rings is 1. The Balaban J connectivity index is 2.13. The molecule has 86 valence electrons. The fraction of sp³-hybridized carbons (Fsp3) is 0.167. The van der Waals surface area contributed by atoms with Gasteiger partial charge in [-0.3, -0.25) is 0 Å². The summed E-state index contributed by atoms with van der Waals surface area (Å²) < 4.78 is 0.936. The van der Waals surface area contributed by atoms with Gasteiger partial charge in [-0.1, -0.05) is 42.1 Å². The highest BCUT2D eigenvalue weighted by Gasteiger charge is 2.27. The van der Waals surface area contributed by atoms with Gasteiger partial charge in [-0.15, -0.1) is 11.3 Å². The molecule has 1 aromatic carbocycles. The molecule has 0 bridgehead atoms. The molecule has 2 rings (SSSR count). The van der Waals surface area contributed by atoms with Crippen LogP contribution >= 0.6 is 23.1 Å². The van der Waals surface area contributed by atoms with Gasteiger partial charge >= 0.3 is 0 Å². The number of nitrogens with two attached hydrogens (primary N) is 1. The highest BCUT2D eigenvalue weighted by atomic mass is 32.2. The molecule has 0 saturated carbocycles. The van der Waals surface area contributed by atoms with Crippen LogP contribution < -0.4 is 5.73 Å². The van der Waals surface area contributed by atoms with Crippen LogP contribution in [0.4, 0.5) is 0 Å². The quantitative estimate of drug-likeness (QED) is 0.859. The Morgan fingerprint density at radius 1 is 1.41 bits per heavy atom. The molecule has 0 aliphatic carbocycles. The summed E-state index contributed by atoms with van der Waals surface area (Å²) in [7, 11) is 0. The van der Waals surface area contributed by atoms with Crippen molar-refractivity contribution in [2.75, 3.05) is 5.75 Å². The van der Waals surface area contributed by atoms with Crippen LogP contribution in [0.5, 0.6) is 0 Å². The third-order valence-corrected chi connectivity index (χ3v) is 4.48. The number of hydrogen-bond donors (Lipinski definition) is 1. The summed E-state index contributed by atoms with van der Waals surface area (Å²) in [5.41, 5.74) is 6.01. The molecule has 0 aliphatic heterocycles. The molecule has 0 fully saturated rings. The van der Waals surface area contributed by atoms with Crippen LogP contribution in [-0.2, 0) is 5.54 Å². The molecule has 0 aliphatic rings. The van der Waals surface area contributed by atoms with Crippen molar-refractivity contribution in [3.8, 4) is 6.07 Å². The van der Waals surface area contributed by atoms with Gasteiger partial charge in [-0.05, 0) is 5.56 Å². The third-order valence-electron chi connectivity index (χ3n) is 2.32. The van der Waals surface area contributed by atoms with Gasteiger partial charge in [0.05, 0.1) is 6.07 Å². The van der Waals surface area contributed by atoms with Gasteiger partial charge in [-0.25, -0.2) is 4.98 Å². The molecule has 2 N–H and O–H groups in total. The second-order valence-electron chi connectivity index (χ2n) is 3.54. The maximum absolute atomic E-state index is 9.26. The Hall–Kier alpha value is -1.35. The van der Waals surface area contributed by atoms with Gasteiger partial charge in [0.25, 0.3) is 0 Å². The van der Waals surface area contributed by atoms with Crippen molar-refractivity contribution >= 4 is 23.1 Å². The maximum Gasteiger partial charge on any atom is 0.149 e. The zero-order valence-corrected chi connectivity index (χ0v) is 10.7. The second-order valence-corrected chi connectivity index (χ2v) is 5.65. The van der Waals surface area contributed by atoms with Crippen molar-refractivity contribution < 1.29 is 0 Å². The summed E-state index contributed by atoms with van der Waals surface area (Å²) in [5, 5.41) is 11.2. The van der Waals surface area contributed by atoms with E-state index in [0.717, 1.165) is 9.90 Å². The smallest absolute Gasteiger partial charge is 0.149 e. The fourth-order valence-corrected chi connectivity index (χ4v) is 3.07. The lowest BCUT2D eigenvalue weighted by Crippen LogP contribution is -2.37. The van der Waals surface area contributed by atoms with Crippen LogP contribution in [0, 0.1) is 11.3 Å². The van der Waals surface area contributed by atoms with E-state index in [1.54, 1.807) is 17.5 Å². The lowest BCUT2D eigenvalue weighted by Gasteiger charge is -2.20. The van der Waals surface area contributed by atoms with E-state index in [0.29, 0.717) is 5.75 Å². The number of thioether (sulfide) groups is 1. The molecule has 2 aromatic rings. The second kappa shape index (κ2) is 5.32. The first-order chi connectivity index (χ1) is 8.24. The molecule has 3 nitrogen and oxygen atoms in total. The van der Waals surface area contributed by atoms with E-state index >= 15 is 0 Å². The SMILES string of the molecule is N#CC(N)(CSc1nccs1)c1ccccc1. The van der Waals surface area contributed by atoms with Crippen LogP contribution in [-0.4, -0.2) is 10.7 Å². The minimum atomic E-state index is -0.961. The van der Waals surface area contributed by atoms with E-state index in [4.69, 9.17) is 5.73 Å². The largest absolute Gasteiger partial charge is 0.309 e. The van der Waals surface area contributed by atoms with Crippen molar-refractivity contribution in [1.29, 1.82) is 5.26 Å². The lowest BCUT2D eigenvalue weighted by atomic mass is 9.95. The summed E-state index contributed by atoms with van der Waals surface area (Å²) in [6.07, 6.45) is 1.75. The van der Waals surface area contributed by atoms with E-state index in [9.17, 15) is 5.26 Å². The Labute approximate surface area is 108 Å². The van der Waals surface area contributed by atoms with E-state index in [1.807, 2.05) is 35.7 Å². The minimum Gasteiger partial charge on any atom is -0.309 e. The van der Waals surface area contributed by atoms with Crippen LogP contribution in [0.15, 0.2) is 46.2 Å². The van der Waals surface area contributed by atoms with Crippen LogP contribution in [0.3, 0.4) is 0 Å². The Kier molecular flexibility index (Phi) is 3.79. The molecule has 0 radical (unpaired) electrons. The Morgan fingerprint density at radius 2 is 2.18 bits per heavy atom. The molecule has 5 heteroatoms. The van der Waals surface area contributed by atoms with Crippen molar-refractivity contribution in [2.24, 2.45) is 5.73 Å². The zero-order valence-electron chi connectivity index (χ0n) is 9.04. The summed E-state index contributed by atoms with van der Waals surface area (Å²) >= 11 is 3.07. The summed E-state index contributed by atoms with van der Waals surface area (Å²) in [6, 6.07) is 11.6. The predicted molar refractivity (Wildman–Crippen MR) is 70.8 cm³/mol. The average molecular weight is 261 g/mol. The molecular formula is C12H11N3S2. The number of hydrogen-bond acceptors (Lipinski definition) is 5. The number of nitrogens with zero attached hydrogens (tertiary/aromatic N) is 2. The summed E-state index contributed by atoms with van der Waals surface area (Å²) in [6.45, 7) is 0. The van der Waals surface area contributed by atoms with E-state index in [-0.39, 0.29) is 0 Å². The van der Waals surface area contributed by atoms with Crippen molar-refractivity contribution in [3.63, 3.8) is 0 Å². The molecular weight excluding hydrogens is 250 g/mol. The average Bonchev–Trinajstić information content (AvgIpc) is 2.90. The van der Waals surface area contributed by atoms with Crippen LogP contribution in [0.2, 0.25) is 0 Å². The number of benzene rings is 1. The number of rotatable bonds is 4. The lowest BCUT2D eigenvalue weighted by molar-refractivity contribution is 0.659. The van der Waals surface area contributed by atoms with Crippen LogP contribution in [0.25, 0.3) is 0 Å². The molecule has 1 atom stereocenters. The fourth-order valence-electron chi connectivity index (χ4n) is 1.37. The molecule has 0 saturated heterocycles. The van der Waals surface area contributed by atoms with E-state index < -0.39 is 5.54 Å². The first-order valence-corrected chi connectivity index (χ1v) is 6.89. The number of nitriles is 1. The monoisotopic (exact) mass is 261 g/mol. The highest BCUT2D eigenvalue weighted by molar-refractivity contribution is 8.01. The Bertz CT molecular complexity index is 504. The highest BCUT2D eigenvalue weighted by Crippen LogP contribution is 2.28. The van der Waals surface area contributed by atoms with Gasteiger partial charge in [-0.2, -0.15) is 5.26 Å². The number of aromatic nitrogens is 1. The third kappa shape index (κ3) is 2.86. The van der Waals surface area contributed by atoms with Gasteiger partial charge in [0.15, 0.2) is 0 Å². The molecule has 1 aromatic heterocycles. The molecule has 1 heterocycles. The zero-order chi connectivity index (χ0) is 12.1. The topological polar surface area (TPSA) is 62.7 Å². The Morgan fingerprint density at radius 3 is 2.76 bits per heavy atom.